The smallest absolute Gasteiger partial charge is 0.250 e. The number of nitrogens with one attached hydrogen (secondary N) is 3. The van der Waals surface area contributed by atoms with Crippen LogP contribution < -0.4 is 21.3 Å². The SMILES string of the molecule is COCCOCCOCCOCCN[C@@H](C)C(=O)NN[C@H](C)C(=O)[O-]. The second-order valence-electron chi connectivity index (χ2n) is 5.18. The van der Waals surface area contributed by atoms with Crippen molar-refractivity contribution in [3.8, 4) is 0 Å². The molecule has 0 bridgehead atoms. The molecule has 0 rings (SSSR count). The molecule has 0 aliphatic carbocycles. The zero-order chi connectivity index (χ0) is 18.9. The van der Waals surface area contributed by atoms with E-state index in [0.29, 0.717) is 52.8 Å². The lowest BCUT2D eigenvalue weighted by molar-refractivity contribution is -0.308. The van der Waals surface area contributed by atoms with Crippen molar-refractivity contribution < 1.29 is 33.6 Å². The van der Waals surface area contributed by atoms with Crippen LogP contribution >= 0.6 is 0 Å². The second kappa shape index (κ2) is 16.2. The molecule has 2 atom stereocenters. The van der Waals surface area contributed by atoms with Crippen LogP contribution in [0.4, 0.5) is 0 Å². The average Bonchev–Trinajstić information content (AvgIpc) is 2.59. The lowest BCUT2D eigenvalue weighted by Gasteiger charge is -2.18. The van der Waals surface area contributed by atoms with Crippen molar-refractivity contribution in [1.82, 2.24) is 16.2 Å². The van der Waals surface area contributed by atoms with Crippen LogP contribution in [0.5, 0.6) is 0 Å². The third-order valence-corrected chi connectivity index (χ3v) is 3.03. The summed E-state index contributed by atoms with van der Waals surface area (Å²) in [7, 11) is 1.62. The van der Waals surface area contributed by atoms with Crippen molar-refractivity contribution in [2.24, 2.45) is 0 Å². The van der Waals surface area contributed by atoms with Crippen molar-refractivity contribution in [3.63, 3.8) is 0 Å². The molecular weight excluding hydrogens is 334 g/mol. The lowest BCUT2D eigenvalue weighted by Crippen LogP contribution is -2.55. The summed E-state index contributed by atoms with van der Waals surface area (Å²) in [6.45, 7) is 6.98. The van der Waals surface area contributed by atoms with E-state index in [-0.39, 0.29) is 5.91 Å². The highest BCUT2D eigenvalue weighted by molar-refractivity contribution is 5.81. The van der Waals surface area contributed by atoms with Gasteiger partial charge in [0.1, 0.15) is 0 Å². The first-order valence-electron chi connectivity index (χ1n) is 8.20. The summed E-state index contributed by atoms with van der Waals surface area (Å²) in [6, 6.07) is -1.46. The van der Waals surface area contributed by atoms with Crippen LogP contribution in [0.3, 0.4) is 0 Å². The average molecular weight is 364 g/mol. The van der Waals surface area contributed by atoms with Crippen molar-refractivity contribution in [1.29, 1.82) is 0 Å². The zero-order valence-corrected chi connectivity index (χ0v) is 15.2. The topological polar surface area (TPSA) is 130 Å². The number of carbonyl (C=O) groups excluding carboxylic acids is 2. The molecule has 10 heteroatoms. The zero-order valence-electron chi connectivity index (χ0n) is 15.2. The Morgan fingerprint density at radius 2 is 1.40 bits per heavy atom. The van der Waals surface area contributed by atoms with Gasteiger partial charge in [-0.1, -0.05) is 0 Å². The molecule has 148 valence electrons. The Morgan fingerprint density at radius 3 is 1.92 bits per heavy atom. The van der Waals surface area contributed by atoms with E-state index in [1.807, 2.05) is 0 Å². The van der Waals surface area contributed by atoms with Crippen LogP contribution in [0.25, 0.3) is 0 Å². The number of hydrogen-bond acceptors (Lipinski definition) is 9. The maximum Gasteiger partial charge on any atom is 0.250 e. The van der Waals surface area contributed by atoms with Gasteiger partial charge in [-0.25, -0.2) is 5.43 Å². The molecule has 0 aromatic carbocycles. The minimum atomic E-state index is -1.29. The van der Waals surface area contributed by atoms with Gasteiger partial charge in [0.15, 0.2) is 0 Å². The Balaban J connectivity index is 3.41. The van der Waals surface area contributed by atoms with Gasteiger partial charge in [-0.15, -0.1) is 0 Å². The molecule has 0 aromatic rings. The fourth-order valence-corrected chi connectivity index (χ4v) is 1.47. The highest BCUT2D eigenvalue weighted by Crippen LogP contribution is 1.84. The van der Waals surface area contributed by atoms with E-state index in [2.05, 4.69) is 16.2 Å². The van der Waals surface area contributed by atoms with Crippen molar-refractivity contribution >= 4 is 11.9 Å². The number of methoxy groups -OCH3 is 1. The molecule has 0 spiro atoms. The minimum absolute atomic E-state index is 0.370. The van der Waals surface area contributed by atoms with Crippen LogP contribution in [0.15, 0.2) is 0 Å². The van der Waals surface area contributed by atoms with Gasteiger partial charge < -0.3 is 34.2 Å². The van der Waals surface area contributed by atoms with Gasteiger partial charge in [-0.2, -0.15) is 0 Å². The molecule has 0 aromatic heterocycles. The van der Waals surface area contributed by atoms with E-state index in [9.17, 15) is 14.7 Å². The number of carboxylic acid groups (broad SMARTS) is 1. The first-order chi connectivity index (χ1) is 12.0. The van der Waals surface area contributed by atoms with E-state index in [1.54, 1.807) is 14.0 Å². The van der Waals surface area contributed by atoms with Gasteiger partial charge in [0.25, 0.3) is 5.91 Å². The van der Waals surface area contributed by atoms with Crippen molar-refractivity contribution in [2.45, 2.75) is 25.9 Å². The van der Waals surface area contributed by atoms with Gasteiger partial charge in [0.2, 0.25) is 0 Å². The highest BCUT2D eigenvalue weighted by Gasteiger charge is 2.12. The summed E-state index contributed by atoms with van der Waals surface area (Å²) in [6.07, 6.45) is 0. The maximum absolute atomic E-state index is 11.7. The Labute approximate surface area is 148 Å². The van der Waals surface area contributed by atoms with Gasteiger partial charge in [0, 0.05) is 13.7 Å². The van der Waals surface area contributed by atoms with Crippen molar-refractivity contribution in [3.05, 3.63) is 0 Å². The number of aliphatic carboxylic acids is 1. The van der Waals surface area contributed by atoms with Crippen molar-refractivity contribution in [2.75, 3.05) is 59.9 Å². The predicted octanol–water partition coefficient (Wildman–Crippen LogP) is -2.58. The fourth-order valence-electron chi connectivity index (χ4n) is 1.47. The number of amides is 1. The first kappa shape index (κ1) is 23.7. The molecule has 0 fully saturated rings. The third kappa shape index (κ3) is 14.7. The molecule has 3 N–H and O–H groups in total. The van der Waals surface area contributed by atoms with Crippen LogP contribution in [0.2, 0.25) is 0 Å². The molecule has 0 heterocycles. The lowest BCUT2D eigenvalue weighted by atomic mass is 10.3. The Morgan fingerprint density at radius 1 is 0.880 bits per heavy atom. The minimum Gasteiger partial charge on any atom is -0.548 e. The molecule has 0 saturated carbocycles. The first-order valence-corrected chi connectivity index (χ1v) is 8.20. The normalized spacial score (nSPS) is 13.4. The molecular formula is C15H30N3O7-. The number of carbonyl (C=O) groups is 2. The number of hydrazine groups is 1. The maximum atomic E-state index is 11.7. The Hall–Kier alpha value is -1.30. The Bertz CT molecular complexity index is 358. The number of carboxylic acids is 1. The summed E-state index contributed by atoms with van der Waals surface area (Å²) in [5.74, 6) is -1.66. The van der Waals surface area contributed by atoms with Gasteiger partial charge in [0.05, 0.1) is 64.3 Å². The van der Waals surface area contributed by atoms with E-state index in [0.717, 1.165) is 0 Å². The number of rotatable bonds is 17. The molecule has 10 nitrogen and oxygen atoms in total. The highest BCUT2D eigenvalue weighted by atomic mass is 16.6. The quantitative estimate of drug-likeness (QED) is 0.188. The molecule has 25 heavy (non-hydrogen) atoms. The number of hydrogen-bond donors (Lipinski definition) is 3. The van der Waals surface area contributed by atoms with E-state index in [1.165, 1.54) is 6.92 Å². The summed E-state index contributed by atoms with van der Waals surface area (Å²) in [5.41, 5.74) is 4.65. The van der Waals surface area contributed by atoms with E-state index >= 15 is 0 Å². The second-order valence-corrected chi connectivity index (χ2v) is 5.18. The van der Waals surface area contributed by atoms with Gasteiger partial charge in [-0.3, -0.25) is 10.2 Å². The fraction of sp³-hybridized carbons (Fsp3) is 0.867. The predicted molar refractivity (Wildman–Crippen MR) is 87.5 cm³/mol. The molecule has 0 unspecified atom stereocenters. The van der Waals surface area contributed by atoms with E-state index < -0.39 is 18.1 Å². The Kier molecular flexibility index (Phi) is 15.3. The third-order valence-electron chi connectivity index (χ3n) is 3.03. The molecule has 0 saturated heterocycles. The molecule has 0 aliphatic heterocycles. The summed E-state index contributed by atoms with van der Waals surface area (Å²) >= 11 is 0. The van der Waals surface area contributed by atoms with Gasteiger partial charge in [-0.05, 0) is 13.8 Å². The summed E-state index contributed by atoms with van der Waals surface area (Å²) in [4.78, 5) is 22.2. The summed E-state index contributed by atoms with van der Waals surface area (Å²) in [5, 5.41) is 13.5. The standard InChI is InChI=1S/C15H31N3O7/c1-12(14(19)18-17-13(2)15(20)21)16-4-5-23-8-9-25-11-10-24-7-6-22-3/h12-13,16-17H,4-11H2,1-3H3,(H,18,19)(H,20,21)/p-1/t12-,13+/m0/s1. The molecule has 1 amide bonds. The van der Waals surface area contributed by atoms with Crippen LogP contribution in [-0.2, 0) is 28.5 Å². The molecule has 0 radical (unpaired) electrons. The summed E-state index contributed by atoms with van der Waals surface area (Å²) < 4.78 is 20.8. The molecule has 0 aliphatic rings. The van der Waals surface area contributed by atoms with Crippen LogP contribution in [-0.4, -0.2) is 83.9 Å². The van der Waals surface area contributed by atoms with Crippen LogP contribution in [0, 0.1) is 0 Å². The van der Waals surface area contributed by atoms with Crippen LogP contribution in [0.1, 0.15) is 13.8 Å². The van der Waals surface area contributed by atoms with Gasteiger partial charge >= 0.3 is 0 Å². The van der Waals surface area contributed by atoms with E-state index in [4.69, 9.17) is 18.9 Å². The largest absolute Gasteiger partial charge is 0.548 e. The monoisotopic (exact) mass is 364 g/mol. The number of ether oxygens (including phenoxy) is 4.